The zero-order valence-corrected chi connectivity index (χ0v) is 10.1. The first-order valence-electron chi connectivity index (χ1n) is 6.19. The quantitative estimate of drug-likeness (QED) is 0.855. The van der Waals surface area contributed by atoms with Crippen molar-refractivity contribution < 1.29 is 19.1 Å². The average molecular weight is 251 g/mol. The van der Waals surface area contributed by atoms with Crippen LogP contribution in [-0.2, 0) is 16.1 Å². The number of rotatable bonds is 4. The maximum Gasteiger partial charge on any atom is 0.306 e. The lowest BCUT2D eigenvalue weighted by atomic mass is 9.81. The second-order valence-electron chi connectivity index (χ2n) is 4.70. The minimum absolute atomic E-state index is 0.0719. The highest BCUT2D eigenvalue weighted by Crippen LogP contribution is 2.29. The maximum absolute atomic E-state index is 11.9. The largest absolute Gasteiger partial charge is 0.481 e. The summed E-state index contributed by atoms with van der Waals surface area (Å²) in [6, 6.07) is 3.56. The average Bonchev–Trinajstić information content (AvgIpc) is 2.89. The van der Waals surface area contributed by atoms with E-state index < -0.39 is 5.97 Å². The van der Waals surface area contributed by atoms with Gasteiger partial charge in [0.15, 0.2) is 0 Å². The van der Waals surface area contributed by atoms with Gasteiger partial charge >= 0.3 is 5.97 Å². The summed E-state index contributed by atoms with van der Waals surface area (Å²) in [5.74, 6) is -0.724. The van der Waals surface area contributed by atoms with Crippen LogP contribution in [0.5, 0.6) is 0 Å². The highest BCUT2D eigenvalue weighted by molar-refractivity contribution is 5.80. The molecule has 1 aliphatic rings. The fourth-order valence-corrected chi connectivity index (χ4v) is 2.38. The number of carbonyl (C=O) groups excluding carboxylic acids is 1. The first kappa shape index (κ1) is 12.7. The molecule has 1 aromatic rings. The van der Waals surface area contributed by atoms with Gasteiger partial charge in [0.05, 0.1) is 18.7 Å². The van der Waals surface area contributed by atoms with Crippen molar-refractivity contribution in [2.75, 3.05) is 0 Å². The Balaban J connectivity index is 1.83. The highest BCUT2D eigenvalue weighted by Gasteiger charge is 2.30. The lowest BCUT2D eigenvalue weighted by Crippen LogP contribution is -2.35. The van der Waals surface area contributed by atoms with Crippen LogP contribution in [0.25, 0.3) is 0 Å². The van der Waals surface area contributed by atoms with Crippen molar-refractivity contribution in [1.82, 2.24) is 5.32 Å². The van der Waals surface area contributed by atoms with E-state index in [1.807, 2.05) is 0 Å². The van der Waals surface area contributed by atoms with E-state index in [4.69, 9.17) is 9.52 Å². The highest BCUT2D eigenvalue weighted by atomic mass is 16.4. The number of carboxylic acids is 1. The lowest BCUT2D eigenvalue weighted by molar-refractivity contribution is -0.144. The number of amides is 1. The molecule has 0 bridgehead atoms. The standard InChI is InChI=1S/C13H17NO4/c15-12(14-8-11-5-2-6-18-11)9-3-1-4-10(7-9)13(16)17/h2,5-6,9-10H,1,3-4,7-8H2,(H,14,15)(H,16,17)/t9-,10-/m0/s1. The molecule has 1 aliphatic carbocycles. The molecule has 0 saturated heterocycles. The Bertz CT molecular complexity index is 413. The Morgan fingerprint density at radius 2 is 2.17 bits per heavy atom. The van der Waals surface area contributed by atoms with Crippen LogP contribution < -0.4 is 5.32 Å². The van der Waals surface area contributed by atoms with Crippen molar-refractivity contribution in [2.45, 2.75) is 32.2 Å². The van der Waals surface area contributed by atoms with E-state index in [9.17, 15) is 9.59 Å². The van der Waals surface area contributed by atoms with E-state index in [0.29, 0.717) is 25.1 Å². The molecule has 0 unspecified atom stereocenters. The van der Waals surface area contributed by atoms with Gasteiger partial charge in [-0.1, -0.05) is 6.42 Å². The van der Waals surface area contributed by atoms with Crippen molar-refractivity contribution in [3.05, 3.63) is 24.2 Å². The molecule has 2 rings (SSSR count). The number of aliphatic carboxylic acids is 1. The Kier molecular flexibility index (Phi) is 4.02. The third-order valence-corrected chi connectivity index (χ3v) is 3.41. The van der Waals surface area contributed by atoms with Crippen LogP contribution >= 0.6 is 0 Å². The summed E-state index contributed by atoms with van der Waals surface area (Å²) in [5, 5.41) is 11.8. The normalized spacial score (nSPS) is 23.6. The monoisotopic (exact) mass is 251 g/mol. The van der Waals surface area contributed by atoms with Gasteiger partial charge in [-0.3, -0.25) is 9.59 Å². The van der Waals surface area contributed by atoms with Gasteiger partial charge in [0, 0.05) is 5.92 Å². The minimum Gasteiger partial charge on any atom is -0.481 e. The summed E-state index contributed by atoms with van der Waals surface area (Å²) in [5.41, 5.74) is 0. The SMILES string of the molecule is O=C(O)[C@H]1CCC[C@H](C(=O)NCc2ccco2)C1. The first-order chi connectivity index (χ1) is 8.66. The number of carboxylic acid groups (broad SMARTS) is 1. The second-order valence-corrected chi connectivity index (χ2v) is 4.70. The summed E-state index contributed by atoms with van der Waals surface area (Å²) in [6.45, 7) is 0.361. The third-order valence-electron chi connectivity index (χ3n) is 3.41. The molecule has 1 saturated carbocycles. The molecule has 98 valence electrons. The minimum atomic E-state index is -0.793. The number of hydrogen-bond donors (Lipinski definition) is 2. The predicted molar refractivity (Wildman–Crippen MR) is 63.6 cm³/mol. The molecule has 1 fully saturated rings. The Morgan fingerprint density at radius 1 is 1.39 bits per heavy atom. The molecule has 0 aromatic carbocycles. The summed E-state index contributed by atoms with van der Waals surface area (Å²) in [4.78, 5) is 22.8. The van der Waals surface area contributed by atoms with Crippen LogP contribution in [0.1, 0.15) is 31.4 Å². The van der Waals surface area contributed by atoms with Crippen LogP contribution in [-0.4, -0.2) is 17.0 Å². The molecule has 1 aromatic heterocycles. The van der Waals surface area contributed by atoms with Crippen LogP contribution in [0.2, 0.25) is 0 Å². The van der Waals surface area contributed by atoms with E-state index in [1.54, 1.807) is 18.4 Å². The van der Waals surface area contributed by atoms with Gasteiger partial charge in [0.25, 0.3) is 0 Å². The van der Waals surface area contributed by atoms with E-state index in [-0.39, 0.29) is 17.7 Å². The molecule has 0 aliphatic heterocycles. The van der Waals surface area contributed by atoms with Crippen LogP contribution in [0.3, 0.4) is 0 Å². The fraction of sp³-hybridized carbons (Fsp3) is 0.538. The van der Waals surface area contributed by atoms with E-state index in [0.717, 1.165) is 12.8 Å². The molecule has 0 radical (unpaired) electrons. The third kappa shape index (κ3) is 3.12. The molecule has 1 heterocycles. The summed E-state index contributed by atoms with van der Waals surface area (Å²) >= 11 is 0. The molecule has 2 N–H and O–H groups in total. The predicted octanol–water partition coefficient (Wildman–Crippen LogP) is 1.79. The van der Waals surface area contributed by atoms with Crippen molar-refractivity contribution in [3.63, 3.8) is 0 Å². The van der Waals surface area contributed by atoms with Gasteiger partial charge in [-0.05, 0) is 31.4 Å². The Morgan fingerprint density at radius 3 is 2.83 bits per heavy atom. The van der Waals surface area contributed by atoms with Crippen LogP contribution in [0.15, 0.2) is 22.8 Å². The van der Waals surface area contributed by atoms with Gasteiger partial charge in [-0.2, -0.15) is 0 Å². The van der Waals surface area contributed by atoms with E-state index >= 15 is 0 Å². The topological polar surface area (TPSA) is 79.5 Å². The van der Waals surface area contributed by atoms with E-state index in [1.165, 1.54) is 0 Å². The smallest absolute Gasteiger partial charge is 0.306 e. The number of carbonyl (C=O) groups is 2. The lowest BCUT2D eigenvalue weighted by Gasteiger charge is -2.25. The van der Waals surface area contributed by atoms with Gasteiger partial charge in [0.2, 0.25) is 5.91 Å². The van der Waals surface area contributed by atoms with Crippen LogP contribution in [0, 0.1) is 11.8 Å². The number of nitrogens with one attached hydrogen (secondary N) is 1. The second kappa shape index (κ2) is 5.71. The van der Waals surface area contributed by atoms with Crippen molar-refractivity contribution in [3.8, 4) is 0 Å². The van der Waals surface area contributed by atoms with Gasteiger partial charge in [0.1, 0.15) is 5.76 Å². The zero-order valence-electron chi connectivity index (χ0n) is 10.1. The van der Waals surface area contributed by atoms with Gasteiger partial charge in [-0.25, -0.2) is 0 Å². The van der Waals surface area contributed by atoms with E-state index in [2.05, 4.69) is 5.32 Å². The zero-order chi connectivity index (χ0) is 13.0. The Hall–Kier alpha value is -1.78. The summed E-state index contributed by atoms with van der Waals surface area (Å²) in [6.07, 6.45) is 4.25. The Labute approximate surface area is 105 Å². The molecule has 5 nitrogen and oxygen atoms in total. The summed E-state index contributed by atoms with van der Waals surface area (Å²) in [7, 11) is 0. The van der Waals surface area contributed by atoms with Gasteiger partial charge < -0.3 is 14.8 Å². The molecule has 0 spiro atoms. The van der Waals surface area contributed by atoms with Gasteiger partial charge in [-0.15, -0.1) is 0 Å². The summed E-state index contributed by atoms with van der Waals surface area (Å²) < 4.78 is 5.12. The number of hydrogen-bond acceptors (Lipinski definition) is 3. The van der Waals surface area contributed by atoms with Crippen molar-refractivity contribution in [2.24, 2.45) is 11.8 Å². The first-order valence-corrected chi connectivity index (χ1v) is 6.19. The fourth-order valence-electron chi connectivity index (χ4n) is 2.38. The molecular weight excluding hydrogens is 234 g/mol. The van der Waals surface area contributed by atoms with Crippen LogP contribution in [0.4, 0.5) is 0 Å². The molecule has 5 heteroatoms. The molecule has 18 heavy (non-hydrogen) atoms. The molecule has 2 atom stereocenters. The van der Waals surface area contributed by atoms with Crippen molar-refractivity contribution >= 4 is 11.9 Å². The maximum atomic E-state index is 11.9. The number of furan rings is 1. The van der Waals surface area contributed by atoms with Crippen molar-refractivity contribution in [1.29, 1.82) is 0 Å². The molecular formula is C13H17NO4. The molecule has 1 amide bonds.